The summed E-state index contributed by atoms with van der Waals surface area (Å²) in [5.41, 5.74) is 0. The first-order valence-corrected chi connectivity index (χ1v) is 8.78. The molecule has 0 aromatic carbocycles. The molecule has 20 heavy (non-hydrogen) atoms. The van der Waals surface area contributed by atoms with Crippen LogP contribution in [0.15, 0.2) is 0 Å². The molecule has 3 heteroatoms. The molecule has 1 aliphatic carbocycles. The Hall–Kier alpha value is -0.570. The van der Waals surface area contributed by atoms with Crippen molar-refractivity contribution in [1.82, 2.24) is 10.6 Å². The van der Waals surface area contributed by atoms with Gasteiger partial charge in [0.1, 0.15) is 0 Å². The monoisotopic (exact) mass is 280 g/mol. The molecule has 1 saturated heterocycles. The molecule has 0 atom stereocenters. The van der Waals surface area contributed by atoms with E-state index in [1.807, 2.05) is 0 Å². The fourth-order valence-corrected chi connectivity index (χ4v) is 3.68. The lowest BCUT2D eigenvalue weighted by molar-refractivity contribution is -0.126. The lowest BCUT2D eigenvalue weighted by Gasteiger charge is -2.29. The highest BCUT2D eigenvalue weighted by atomic mass is 16.1. The topological polar surface area (TPSA) is 41.1 Å². The van der Waals surface area contributed by atoms with Gasteiger partial charge in [0, 0.05) is 12.5 Å². The molecular formula is C17H32N2O. The molecule has 2 N–H and O–H groups in total. The van der Waals surface area contributed by atoms with E-state index in [-0.39, 0.29) is 0 Å². The second kappa shape index (κ2) is 8.66. The molecule has 1 aliphatic heterocycles. The molecule has 1 heterocycles. The maximum Gasteiger partial charge on any atom is 0.223 e. The second-order valence-corrected chi connectivity index (χ2v) is 6.80. The van der Waals surface area contributed by atoms with Crippen molar-refractivity contribution in [3.05, 3.63) is 0 Å². The van der Waals surface area contributed by atoms with Gasteiger partial charge in [0.05, 0.1) is 0 Å². The van der Waals surface area contributed by atoms with Crippen molar-refractivity contribution in [3.8, 4) is 0 Å². The molecule has 1 amide bonds. The third-order valence-electron chi connectivity index (χ3n) is 5.21. The lowest BCUT2D eigenvalue weighted by Crippen LogP contribution is -2.39. The van der Waals surface area contributed by atoms with E-state index in [2.05, 4.69) is 17.6 Å². The molecule has 116 valence electrons. The van der Waals surface area contributed by atoms with Gasteiger partial charge < -0.3 is 10.6 Å². The van der Waals surface area contributed by atoms with Crippen LogP contribution in [-0.4, -0.2) is 25.5 Å². The number of unbranched alkanes of at least 4 members (excludes halogenated alkanes) is 1. The SMILES string of the molecule is CCCCC1CCC(C(=O)NCC2CCNCC2)CC1. The minimum atomic E-state index is 0.301. The number of hydrogen-bond acceptors (Lipinski definition) is 2. The van der Waals surface area contributed by atoms with Crippen molar-refractivity contribution in [2.75, 3.05) is 19.6 Å². The van der Waals surface area contributed by atoms with E-state index in [1.165, 1.54) is 44.9 Å². The van der Waals surface area contributed by atoms with Crippen LogP contribution in [0.2, 0.25) is 0 Å². The Labute approximate surface area is 124 Å². The summed E-state index contributed by atoms with van der Waals surface area (Å²) >= 11 is 0. The normalized spacial score (nSPS) is 28.2. The molecule has 0 radical (unpaired) electrons. The Bertz CT molecular complexity index is 279. The smallest absolute Gasteiger partial charge is 0.223 e. The minimum Gasteiger partial charge on any atom is -0.356 e. The lowest BCUT2D eigenvalue weighted by atomic mass is 9.79. The number of amides is 1. The van der Waals surface area contributed by atoms with Gasteiger partial charge in [-0.15, -0.1) is 0 Å². The van der Waals surface area contributed by atoms with Crippen LogP contribution in [0.4, 0.5) is 0 Å². The first kappa shape index (κ1) is 15.8. The number of carbonyl (C=O) groups excluding carboxylic acids is 1. The summed E-state index contributed by atoms with van der Waals surface area (Å²) in [5.74, 6) is 2.22. The van der Waals surface area contributed by atoms with E-state index in [0.717, 1.165) is 38.4 Å². The Balaban J connectivity index is 1.61. The zero-order chi connectivity index (χ0) is 14.2. The summed E-state index contributed by atoms with van der Waals surface area (Å²) < 4.78 is 0. The van der Waals surface area contributed by atoms with Crippen LogP contribution < -0.4 is 10.6 Å². The van der Waals surface area contributed by atoms with Gasteiger partial charge in [-0.05, 0) is 63.5 Å². The van der Waals surface area contributed by atoms with Gasteiger partial charge in [-0.25, -0.2) is 0 Å². The van der Waals surface area contributed by atoms with E-state index in [4.69, 9.17) is 0 Å². The molecule has 0 unspecified atom stereocenters. The Morgan fingerprint density at radius 1 is 1.05 bits per heavy atom. The fourth-order valence-electron chi connectivity index (χ4n) is 3.68. The van der Waals surface area contributed by atoms with Crippen molar-refractivity contribution >= 4 is 5.91 Å². The van der Waals surface area contributed by atoms with Crippen LogP contribution in [0.3, 0.4) is 0 Å². The van der Waals surface area contributed by atoms with Gasteiger partial charge in [0.2, 0.25) is 5.91 Å². The Kier molecular flexibility index (Phi) is 6.85. The quantitative estimate of drug-likeness (QED) is 0.785. The minimum absolute atomic E-state index is 0.301. The van der Waals surface area contributed by atoms with E-state index in [1.54, 1.807) is 0 Å². The molecule has 3 nitrogen and oxygen atoms in total. The van der Waals surface area contributed by atoms with E-state index in [0.29, 0.717) is 17.7 Å². The predicted molar refractivity (Wildman–Crippen MR) is 83.6 cm³/mol. The summed E-state index contributed by atoms with van der Waals surface area (Å²) in [6.45, 7) is 5.39. The number of rotatable bonds is 6. The average molecular weight is 280 g/mol. The third-order valence-corrected chi connectivity index (χ3v) is 5.21. The maximum absolute atomic E-state index is 12.2. The van der Waals surface area contributed by atoms with Gasteiger partial charge in [0.25, 0.3) is 0 Å². The standard InChI is InChI=1S/C17H32N2O/c1-2-3-4-14-5-7-16(8-6-14)17(20)19-13-15-9-11-18-12-10-15/h14-16,18H,2-13H2,1H3,(H,19,20). The average Bonchev–Trinajstić information content (AvgIpc) is 2.52. The van der Waals surface area contributed by atoms with Crippen molar-refractivity contribution in [2.24, 2.45) is 17.8 Å². The van der Waals surface area contributed by atoms with E-state index >= 15 is 0 Å². The molecule has 0 bridgehead atoms. The van der Waals surface area contributed by atoms with E-state index in [9.17, 15) is 4.79 Å². The highest BCUT2D eigenvalue weighted by Crippen LogP contribution is 2.32. The number of piperidine rings is 1. The van der Waals surface area contributed by atoms with Gasteiger partial charge in [0.15, 0.2) is 0 Å². The van der Waals surface area contributed by atoms with Crippen LogP contribution in [0.25, 0.3) is 0 Å². The molecule has 2 rings (SSSR count). The summed E-state index contributed by atoms with van der Waals surface area (Å²) in [6.07, 6.45) is 11.2. The maximum atomic E-state index is 12.2. The summed E-state index contributed by atoms with van der Waals surface area (Å²) in [7, 11) is 0. The van der Waals surface area contributed by atoms with E-state index < -0.39 is 0 Å². The molecule has 0 aromatic heterocycles. The zero-order valence-electron chi connectivity index (χ0n) is 13.1. The van der Waals surface area contributed by atoms with Gasteiger partial charge in [-0.3, -0.25) is 4.79 Å². The Morgan fingerprint density at radius 2 is 1.75 bits per heavy atom. The third kappa shape index (κ3) is 5.08. The first-order chi connectivity index (χ1) is 9.79. The van der Waals surface area contributed by atoms with Crippen LogP contribution in [0.1, 0.15) is 64.7 Å². The summed E-state index contributed by atoms with van der Waals surface area (Å²) in [5, 5.41) is 6.59. The van der Waals surface area contributed by atoms with Crippen molar-refractivity contribution < 1.29 is 4.79 Å². The summed E-state index contributed by atoms with van der Waals surface area (Å²) in [6, 6.07) is 0. The first-order valence-electron chi connectivity index (χ1n) is 8.78. The van der Waals surface area contributed by atoms with Crippen LogP contribution in [0, 0.1) is 17.8 Å². The predicted octanol–water partition coefficient (Wildman–Crippen LogP) is 3.10. The molecule has 2 aliphatic rings. The summed E-state index contributed by atoms with van der Waals surface area (Å²) in [4.78, 5) is 12.2. The van der Waals surface area contributed by atoms with Gasteiger partial charge in [-0.1, -0.05) is 26.2 Å². The molecule has 1 saturated carbocycles. The molecule has 0 aromatic rings. The molecule has 2 fully saturated rings. The number of hydrogen-bond donors (Lipinski definition) is 2. The van der Waals surface area contributed by atoms with Crippen LogP contribution in [0.5, 0.6) is 0 Å². The number of nitrogens with one attached hydrogen (secondary N) is 2. The molecule has 0 spiro atoms. The zero-order valence-corrected chi connectivity index (χ0v) is 13.1. The van der Waals surface area contributed by atoms with Crippen molar-refractivity contribution in [3.63, 3.8) is 0 Å². The number of carbonyl (C=O) groups is 1. The highest BCUT2D eigenvalue weighted by molar-refractivity contribution is 5.78. The Morgan fingerprint density at radius 3 is 2.40 bits per heavy atom. The van der Waals surface area contributed by atoms with Crippen LogP contribution >= 0.6 is 0 Å². The molecular weight excluding hydrogens is 248 g/mol. The van der Waals surface area contributed by atoms with Crippen LogP contribution in [-0.2, 0) is 4.79 Å². The highest BCUT2D eigenvalue weighted by Gasteiger charge is 2.26. The second-order valence-electron chi connectivity index (χ2n) is 6.80. The largest absolute Gasteiger partial charge is 0.356 e. The van der Waals surface area contributed by atoms with Crippen molar-refractivity contribution in [1.29, 1.82) is 0 Å². The van der Waals surface area contributed by atoms with Gasteiger partial charge in [-0.2, -0.15) is 0 Å². The van der Waals surface area contributed by atoms with Gasteiger partial charge >= 0.3 is 0 Å². The van der Waals surface area contributed by atoms with Crippen molar-refractivity contribution in [2.45, 2.75) is 64.7 Å². The fraction of sp³-hybridized carbons (Fsp3) is 0.941.